The van der Waals surface area contributed by atoms with Gasteiger partial charge in [-0.2, -0.15) is 4.98 Å². The Hall–Kier alpha value is -2.89. The van der Waals surface area contributed by atoms with Gasteiger partial charge in [-0.05, 0) is 56.9 Å². The van der Waals surface area contributed by atoms with Crippen molar-refractivity contribution < 1.29 is 17.8 Å². The minimum Gasteiger partial charge on any atom is -0.370 e. The Kier molecular flexibility index (Phi) is 6.08. The predicted octanol–water partition coefficient (Wildman–Crippen LogP) is 4.62. The molecular weight excluding hydrogens is 512 g/mol. The Morgan fingerprint density at radius 3 is 2.32 bits per heavy atom. The normalized spacial score (nSPS) is 23.7. The minimum atomic E-state index is -2.97. The van der Waals surface area contributed by atoms with Crippen molar-refractivity contribution in [1.29, 1.82) is 4.78 Å². The molecule has 38 heavy (non-hydrogen) atoms. The lowest BCUT2D eigenvalue weighted by atomic mass is 9.93. The summed E-state index contributed by atoms with van der Waals surface area (Å²) < 4.78 is 48.9. The number of halogens is 2. The van der Waals surface area contributed by atoms with Crippen LogP contribution in [0.4, 0.5) is 26.2 Å². The van der Waals surface area contributed by atoms with Gasteiger partial charge in [-0.1, -0.05) is 0 Å². The zero-order valence-corrected chi connectivity index (χ0v) is 22.3. The lowest BCUT2D eigenvalue weighted by molar-refractivity contribution is -0.0222. The van der Waals surface area contributed by atoms with E-state index in [-0.39, 0.29) is 42.7 Å². The summed E-state index contributed by atoms with van der Waals surface area (Å²) in [6.07, 6.45) is 7.01. The molecular formula is C26H33F2N7O2S. The quantitative estimate of drug-likeness (QED) is 0.544. The molecule has 9 nitrogen and oxygen atoms in total. The van der Waals surface area contributed by atoms with Crippen LogP contribution in [0, 0.1) is 17.1 Å². The second-order valence-corrected chi connectivity index (χ2v) is 13.7. The van der Waals surface area contributed by atoms with Crippen molar-refractivity contribution in [3.05, 3.63) is 29.7 Å². The highest BCUT2D eigenvalue weighted by atomic mass is 32.2. The second kappa shape index (κ2) is 9.10. The number of nitrogens with one attached hydrogen (secondary N) is 2. The minimum absolute atomic E-state index is 0.140. The van der Waals surface area contributed by atoms with Gasteiger partial charge in [0.15, 0.2) is 5.69 Å². The Morgan fingerprint density at radius 2 is 1.68 bits per heavy atom. The molecule has 4 aliphatic rings. The van der Waals surface area contributed by atoms with Gasteiger partial charge in [0.1, 0.15) is 5.82 Å². The van der Waals surface area contributed by atoms with Crippen LogP contribution in [-0.2, 0) is 9.73 Å². The van der Waals surface area contributed by atoms with Crippen LogP contribution >= 0.6 is 0 Å². The topological polar surface area (TPSA) is 115 Å². The first-order valence-electron chi connectivity index (χ1n) is 13.4. The zero-order valence-electron chi connectivity index (χ0n) is 21.5. The number of aromatic nitrogens is 3. The first-order chi connectivity index (χ1) is 18.0. The van der Waals surface area contributed by atoms with Crippen LogP contribution in [0.25, 0.3) is 0 Å². The molecule has 2 aliphatic carbocycles. The Bertz CT molecular complexity index is 1360. The Balaban J connectivity index is 1.27. The fourth-order valence-corrected chi connectivity index (χ4v) is 7.16. The highest BCUT2D eigenvalue weighted by molar-refractivity contribution is 7.93. The Morgan fingerprint density at radius 1 is 1.03 bits per heavy atom. The fraction of sp³-hybridized carbons (Fsp3) is 0.615. The molecule has 2 saturated heterocycles. The van der Waals surface area contributed by atoms with Crippen LogP contribution in [0.15, 0.2) is 23.2 Å². The number of alkyl halides is 2. The number of pyridine rings is 1. The number of piperidine rings is 2. The van der Waals surface area contributed by atoms with Gasteiger partial charge in [0.05, 0.1) is 20.3 Å². The summed E-state index contributed by atoms with van der Waals surface area (Å²) in [5.41, 5.74) is 1.84. The van der Waals surface area contributed by atoms with Crippen molar-refractivity contribution in [3.8, 4) is 0 Å². The van der Waals surface area contributed by atoms with E-state index in [1.807, 2.05) is 0 Å². The van der Waals surface area contributed by atoms with Crippen molar-refractivity contribution >= 4 is 33.1 Å². The molecule has 204 valence electrons. The molecule has 12 heteroatoms. The molecule has 2 aliphatic heterocycles. The number of amides is 1. The van der Waals surface area contributed by atoms with E-state index in [1.54, 1.807) is 24.0 Å². The van der Waals surface area contributed by atoms with Crippen molar-refractivity contribution in [2.24, 2.45) is 5.41 Å². The molecule has 4 heterocycles. The van der Waals surface area contributed by atoms with Gasteiger partial charge in [-0.15, -0.1) is 0 Å². The lowest BCUT2D eigenvalue weighted by Crippen LogP contribution is -2.40. The monoisotopic (exact) mass is 545 g/mol. The standard InChI is InChI=1S/C26H33F2N7O2S/c1-17-14-21(33-24(31-17)35-12-8-26(27,28)9-13-35)32-23(36)22-20(34-10-6-25(4-5-25)7-11-34)15-19(16-30-22)38(29,37)18-2-3-18/h14-16,18,29H,2-13H2,1H3,(H,31,32,33,36)/t38-/m1/s1. The lowest BCUT2D eigenvalue weighted by Gasteiger charge is -2.34. The number of hydrogen-bond acceptors (Lipinski definition) is 8. The third-order valence-corrected chi connectivity index (χ3v) is 10.7. The van der Waals surface area contributed by atoms with E-state index in [2.05, 4.69) is 25.2 Å². The summed E-state index contributed by atoms with van der Waals surface area (Å²) in [7, 11) is -2.97. The predicted molar refractivity (Wildman–Crippen MR) is 141 cm³/mol. The van der Waals surface area contributed by atoms with Crippen LogP contribution in [0.5, 0.6) is 0 Å². The molecule has 0 unspecified atom stereocenters. The maximum absolute atomic E-state index is 13.6. The van der Waals surface area contributed by atoms with Gasteiger partial charge < -0.3 is 15.1 Å². The molecule has 0 radical (unpaired) electrons. The number of rotatable bonds is 6. The van der Waals surface area contributed by atoms with Gasteiger partial charge in [-0.3, -0.25) is 4.79 Å². The van der Waals surface area contributed by atoms with Crippen molar-refractivity contribution in [3.63, 3.8) is 0 Å². The summed E-state index contributed by atoms with van der Waals surface area (Å²) in [6, 6.07) is 3.36. The molecule has 2 saturated carbocycles. The fourth-order valence-electron chi connectivity index (χ4n) is 5.48. The van der Waals surface area contributed by atoms with Crippen LogP contribution in [0.2, 0.25) is 0 Å². The maximum atomic E-state index is 13.6. The Labute approximate surface area is 221 Å². The van der Waals surface area contributed by atoms with E-state index in [1.165, 1.54) is 19.0 Å². The SMILES string of the molecule is Cc1cc(NC(=O)c2ncc([S@](=N)(=O)C3CC3)cc2N2CCC3(CC2)CC3)nc(N2CCC(F)(F)CC2)n1. The van der Waals surface area contributed by atoms with E-state index in [0.717, 1.165) is 38.8 Å². The van der Waals surface area contributed by atoms with Gasteiger partial charge >= 0.3 is 0 Å². The van der Waals surface area contributed by atoms with Gasteiger partial charge in [0.25, 0.3) is 11.8 Å². The summed E-state index contributed by atoms with van der Waals surface area (Å²) >= 11 is 0. The summed E-state index contributed by atoms with van der Waals surface area (Å²) in [4.78, 5) is 31.0. The van der Waals surface area contributed by atoms with Crippen LogP contribution in [0.1, 0.15) is 67.5 Å². The van der Waals surface area contributed by atoms with Crippen LogP contribution in [-0.4, -0.2) is 62.4 Å². The molecule has 4 fully saturated rings. The molecule has 2 aromatic heterocycles. The smallest absolute Gasteiger partial charge is 0.277 e. The van der Waals surface area contributed by atoms with Crippen LogP contribution < -0.4 is 15.1 Å². The van der Waals surface area contributed by atoms with E-state index in [9.17, 15) is 17.8 Å². The summed E-state index contributed by atoms with van der Waals surface area (Å²) in [5.74, 6) is -2.57. The summed E-state index contributed by atoms with van der Waals surface area (Å²) in [5, 5.41) is 2.68. The molecule has 2 aromatic rings. The molecule has 2 N–H and O–H groups in total. The first kappa shape index (κ1) is 25.4. The zero-order chi connectivity index (χ0) is 26.7. The first-order valence-corrected chi connectivity index (χ1v) is 15.0. The highest BCUT2D eigenvalue weighted by Crippen LogP contribution is 2.54. The number of hydrogen-bond donors (Lipinski definition) is 2. The second-order valence-electron chi connectivity index (χ2n) is 11.3. The molecule has 6 rings (SSSR count). The van der Waals surface area contributed by atoms with Gasteiger partial charge in [0.2, 0.25) is 5.95 Å². The third kappa shape index (κ3) is 5.06. The van der Waals surface area contributed by atoms with Crippen molar-refractivity contribution in [2.75, 3.05) is 41.3 Å². The molecule has 0 bridgehead atoms. The largest absolute Gasteiger partial charge is 0.370 e. The van der Waals surface area contributed by atoms with E-state index >= 15 is 0 Å². The number of carbonyl (C=O) groups is 1. The molecule has 1 atom stereocenters. The van der Waals surface area contributed by atoms with Gasteiger partial charge in [-0.25, -0.2) is 27.7 Å². The number of nitrogens with zero attached hydrogens (tertiary/aromatic N) is 5. The van der Waals surface area contributed by atoms with Gasteiger partial charge in [0, 0.05) is 62.2 Å². The highest BCUT2D eigenvalue weighted by Gasteiger charge is 2.45. The molecule has 0 aromatic carbocycles. The molecule has 1 amide bonds. The van der Waals surface area contributed by atoms with Crippen molar-refractivity contribution in [2.45, 2.75) is 74.4 Å². The number of carbonyl (C=O) groups excluding carboxylic acids is 1. The van der Waals surface area contributed by atoms with E-state index in [0.29, 0.717) is 27.6 Å². The molecule has 1 spiro atoms. The third-order valence-electron chi connectivity index (χ3n) is 8.39. The van der Waals surface area contributed by atoms with E-state index in [4.69, 9.17) is 4.78 Å². The number of anilines is 3. The average molecular weight is 546 g/mol. The van der Waals surface area contributed by atoms with E-state index < -0.39 is 21.6 Å². The number of aryl methyl sites for hydroxylation is 1. The average Bonchev–Trinajstić information content (AvgIpc) is 3.80. The maximum Gasteiger partial charge on any atom is 0.277 e. The van der Waals surface area contributed by atoms with Crippen LogP contribution in [0.3, 0.4) is 0 Å². The van der Waals surface area contributed by atoms with Crippen molar-refractivity contribution in [1.82, 2.24) is 15.0 Å². The summed E-state index contributed by atoms with van der Waals surface area (Å²) in [6.45, 7) is 3.61.